The van der Waals surface area contributed by atoms with Crippen LogP contribution in [0.25, 0.3) is 0 Å². The van der Waals surface area contributed by atoms with E-state index in [2.05, 4.69) is 43.4 Å². The quantitative estimate of drug-likeness (QED) is 0.590. The fraction of sp³-hybridized carbons (Fsp3) is 0.800. The number of nitrogens with one attached hydrogen (secondary N) is 2. The van der Waals surface area contributed by atoms with Crippen LogP contribution in [-0.2, 0) is 13.5 Å². The van der Waals surface area contributed by atoms with Gasteiger partial charge >= 0.3 is 0 Å². The molecule has 140 valence electrons. The van der Waals surface area contributed by atoms with Gasteiger partial charge in [-0.05, 0) is 76.7 Å². The Labute approximate surface area is 152 Å². The van der Waals surface area contributed by atoms with Crippen molar-refractivity contribution < 1.29 is 0 Å². The Kier molecular flexibility index (Phi) is 5.40. The van der Waals surface area contributed by atoms with E-state index in [1.165, 1.54) is 43.4 Å². The molecule has 2 fully saturated rings. The van der Waals surface area contributed by atoms with E-state index in [4.69, 9.17) is 4.99 Å². The third-order valence-electron chi connectivity index (χ3n) is 6.24. The molecular weight excluding hydrogens is 310 g/mol. The Morgan fingerprint density at radius 3 is 2.56 bits per heavy atom. The van der Waals surface area contributed by atoms with Crippen molar-refractivity contribution >= 4 is 5.96 Å². The SMILES string of the molecule is CCNC(=NCC1(C2CC2)CCC1)NC(C)Cc1c(C)nn(C)c1C. The van der Waals surface area contributed by atoms with E-state index in [0.29, 0.717) is 11.5 Å². The minimum absolute atomic E-state index is 0.331. The van der Waals surface area contributed by atoms with Crippen molar-refractivity contribution in [1.82, 2.24) is 20.4 Å². The van der Waals surface area contributed by atoms with E-state index in [9.17, 15) is 0 Å². The summed E-state index contributed by atoms with van der Waals surface area (Å²) in [6, 6.07) is 0.331. The first kappa shape index (κ1) is 18.3. The van der Waals surface area contributed by atoms with Gasteiger partial charge in [0.1, 0.15) is 0 Å². The summed E-state index contributed by atoms with van der Waals surface area (Å²) in [5.74, 6) is 1.92. The molecule has 0 radical (unpaired) electrons. The average molecular weight is 346 g/mol. The number of aromatic nitrogens is 2. The molecule has 2 saturated carbocycles. The first-order valence-electron chi connectivity index (χ1n) is 9.99. The molecule has 0 aliphatic heterocycles. The van der Waals surface area contributed by atoms with E-state index < -0.39 is 0 Å². The molecule has 2 aliphatic rings. The fourth-order valence-electron chi connectivity index (χ4n) is 4.28. The molecule has 3 rings (SSSR count). The van der Waals surface area contributed by atoms with Crippen LogP contribution in [0.4, 0.5) is 0 Å². The smallest absolute Gasteiger partial charge is 0.191 e. The average Bonchev–Trinajstić information content (AvgIpc) is 3.32. The molecule has 5 nitrogen and oxygen atoms in total. The van der Waals surface area contributed by atoms with Crippen LogP contribution in [0, 0.1) is 25.2 Å². The summed E-state index contributed by atoms with van der Waals surface area (Å²) < 4.78 is 1.98. The largest absolute Gasteiger partial charge is 0.357 e. The second kappa shape index (κ2) is 7.38. The summed E-state index contributed by atoms with van der Waals surface area (Å²) in [7, 11) is 2.02. The van der Waals surface area contributed by atoms with E-state index in [1.54, 1.807) is 0 Å². The lowest BCUT2D eigenvalue weighted by molar-refractivity contribution is 0.113. The van der Waals surface area contributed by atoms with Crippen LogP contribution in [0.3, 0.4) is 0 Å². The van der Waals surface area contributed by atoms with E-state index in [1.807, 2.05) is 11.7 Å². The molecular formula is C20H35N5. The minimum Gasteiger partial charge on any atom is -0.357 e. The summed E-state index contributed by atoms with van der Waals surface area (Å²) in [5, 5.41) is 11.6. The van der Waals surface area contributed by atoms with E-state index >= 15 is 0 Å². The molecule has 0 aromatic carbocycles. The van der Waals surface area contributed by atoms with Crippen LogP contribution in [0.2, 0.25) is 0 Å². The van der Waals surface area contributed by atoms with Gasteiger partial charge in [-0.1, -0.05) is 6.42 Å². The normalized spacial score (nSPS) is 20.9. The number of aliphatic imine (C=N–C) groups is 1. The minimum atomic E-state index is 0.331. The maximum absolute atomic E-state index is 4.97. The highest BCUT2D eigenvalue weighted by molar-refractivity contribution is 5.80. The summed E-state index contributed by atoms with van der Waals surface area (Å²) in [6.45, 7) is 10.5. The molecule has 2 aliphatic carbocycles. The molecule has 0 saturated heterocycles. The molecule has 0 bridgehead atoms. The summed E-state index contributed by atoms with van der Waals surface area (Å²) >= 11 is 0. The monoisotopic (exact) mass is 345 g/mol. The number of guanidine groups is 1. The highest BCUT2D eigenvalue weighted by atomic mass is 15.3. The fourth-order valence-corrected chi connectivity index (χ4v) is 4.28. The van der Waals surface area contributed by atoms with Crippen molar-refractivity contribution in [3.8, 4) is 0 Å². The summed E-state index contributed by atoms with van der Waals surface area (Å²) in [4.78, 5) is 4.97. The van der Waals surface area contributed by atoms with Gasteiger partial charge < -0.3 is 10.6 Å². The second-order valence-electron chi connectivity index (χ2n) is 8.21. The van der Waals surface area contributed by atoms with Gasteiger partial charge in [-0.15, -0.1) is 0 Å². The molecule has 0 amide bonds. The number of nitrogens with zero attached hydrogens (tertiary/aromatic N) is 3. The van der Waals surface area contributed by atoms with Crippen molar-refractivity contribution in [3.05, 3.63) is 17.0 Å². The molecule has 1 aromatic rings. The standard InChI is InChI=1S/C20H35N5/c1-6-21-19(22-13-20(10-7-11-20)17-8-9-17)23-14(2)12-18-15(3)24-25(5)16(18)4/h14,17H,6-13H2,1-5H3,(H2,21,22,23). The molecule has 1 unspecified atom stereocenters. The predicted molar refractivity (Wildman–Crippen MR) is 104 cm³/mol. The van der Waals surface area contributed by atoms with Crippen molar-refractivity contribution in [1.29, 1.82) is 0 Å². The highest BCUT2D eigenvalue weighted by Gasteiger charge is 2.48. The van der Waals surface area contributed by atoms with E-state index in [-0.39, 0.29) is 0 Å². The first-order chi connectivity index (χ1) is 11.9. The lowest BCUT2D eigenvalue weighted by Crippen LogP contribution is -2.44. The van der Waals surface area contributed by atoms with Gasteiger partial charge in [-0.3, -0.25) is 9.67 Å². The molecule has 0 spiro atoms. The Bertz CT molecular complexity index is 622. The highest BCUT2D eigenvalue weighted by Crippen LogP contribution is 2.57. The predicted octanol–water partition coefficient (Wildman–Crippen LogP) is 3.10. The lowest BCUT2D eigenvalue weighted by atomic mass is 9.65. The van der Waals surface area contributed by atoms with Crippen LogP contribution < -0.4 is 10.6 Å². The molecule has 1 atom stereocenters. The van der Waals surface area contributed by atoms with Crippen LogP contribution in [0.15, 0.2) is 4.99 Å². The Morgan fingerprint density at radius 2 is 2.08 bits per heavy atom. The molecule has 1 heterocycles. The molecule has 5 heteroatoms. The Hall–Kier alpha value is -1.52. The second-order valence-corrected chi connectivity index (χ2v) is 8.21. The number of hydrogen-bond acceptors (Lipinski definition) is 2. The maximum atomic E-state index is 4.97. The van der Waals surface area contributed by atoms with Crippen LogP contribution in [-0.4, -0.2) is 34.9 Å². The lowest BCUT2D eigenvalue weighted by Gasteiger charge is -2.41. The van der Waals surface area contributed by atoms with Gasteiger partial charge in [0, 0.05) is 31.9 Å². The summed E-state index contributed by atoms with van der Waals surface area (Å²) in [6.07, 6.45) is 7.98. The van der Waals surface area contributed by atoms with Gasteiger partial charge in [0.15, 0.2) is 5.96 Å². The summed E-state index contributed by atoms with van der Waals surface area (Å²) in [5.41, 5.74) is 4.28. The van der Waals surface area contributed by atoms with E-state index in [0.717, 1.165) is 37.1 Å². The van der Waals surface area contributed by atoms with Crippen LogP contribution >= 0.6 is 0 Å². The van der Waals surface area contributed by atoms with Gasteiger partial charge in [-0.25, -0.2) is 0 Å². The first-order valence-corrected chi connectivity index (χ1v) is 9.99. The zero-order valence-electron chi connectivity index (χ0n) is 16.7. The zero-order valence-corrected chi connectivity index (χ0v) is 16.7. The van der Waals surface area contributed by atoms with Crippen molar-refractivity contribution in [2.75, 3.05) is 13.1 Å². The number of hydrogen-bond donors (Lipinski definition) is 2. The van der Waals surface area contributed by atoms with Gasteiger partial charge in [0.25, 0.3) is 0 Å². The molecule has 1 aromatic heterocycles. The third-order valence-corrected chi connectivity index (χ3v) is 6.24. The Balaban J connectivity index is 1.61. The topological polar surface area (TPSA) is 54.2 Å². The van der Waals surface area contributed by atoms with Crippen molar-refractivity contribution in [2.24, 2.45) is 23.4 Å². The van der Waals surface area contributed by atoms with Crippen molar-refractivity contribution in [2.45, 2.75) is 72.3 Å². The molecule has 2 N–H and O–H groups in total. The van der Waals surface area contributed by atoms with Crippen LogP contribution in [0.5, 0.6) is 0 Å². The van der Waals surface area contributed by atoms with Crippen LogP contribution in [0.1, 0.15) is 62.9 Å². The maximum Gasteiger partial charge on any atom is 0.191 e. The number of aryl methyl sites for hydroxylation is 2. The third kappa shape index (κ3) is 4.01. The number of rotatable bonds is 7. The van der Waals surface area contributed by atoms with Gasteiger partial charge in [0.05, 0.1) is 5.69 Å². The van der Waals surface area contributed by atoms with Crippen molar-refractivity contribution in [3.63, 3.8) is 0 Å². The molecule has 25 heavy (non-hydrogen) atoms. The van der Waals surface area contributed by atoms with Gasteiger partial charge in [-0.2, -0.15) is 5.10 Å². The van der Waals surface area contributed by atoms with Gasteiger partial charge in [0.2, 0.25) is 0 Å². The Morgan fingerprint density at radius 1 is 1.36 bits per heavy atom. The zero-order chi connectivity index (χ0) is 18.0.